The van der Waals surface area contributed by atoms with E-state index in [0.29, 0.717) is 10.2 Å². The molecule has 0 unspecified atom stereocenters. The molecule has 0 saturated carbocycles. The number of hydrogen-bond acceptors (Lipinski definition) is 3. The van der Waals surface area contributed by atoms with E-state index < -0.39 is 0 Å². The van der Waals surface area contributed by atoms with Crippen molar-refractivity contribution in [2.45, 2.75) is 46.2 Å². The zero-order valence-corrected chi connectivity index (χ0v) is 12.7. The van der Waals surface area contributed by atoms with Gasteiger partial charge in [0.05, 0.1) is 12.0 Å². The Morgan fingerprint density at radius 1 is 1.56 bits per heavy atom. The van der Waals surface area contributed by atoms with Crippen molar-refractivity contribution in [2.75, 3.05) is 0 Å². The van der Waals surface area contributed by atoms with Crippen molar-refractivity contribution in [1.82, 2.24) is 14.9 Å². The van der Waals surface area contributed by atoms with Crippen molar-refractivity contribution in [2.24, 2.45) is 0 Å². The molecule has 1 aromatic heterocycles. The number of halogens is 1. The average Bonchev–Trinajstić information content (AvgIpc) is 2.29. The highest BCUT2D eigenvalue weighted by molar-refractivity contribution is 9.10. The van der Waals surface area contributed by atoms with Gasteiger partial charge >= 0.3 is 0 Å². The molecule has 6 heteroatoms. The maximum atomic E-state index is 11.9. The highest BCUT2D eigenvalue weighted by Gasteiger charge is 2.18. The number of carbonyl (C=O) groups is 1. The zero-order valence-electron chi connectivity index (χ0n) is 11.1. The lowest BCUT2D eigenvalue weighted by molar-refractivity contribution is -0.123. The van der Waals surface area contributed by atoms with Crippen LogP contribution in [0.5, 0.6) is 0 Å². The lowest BCUT2D eigenvalue weighted by Crippen LogP contribution is -2.45. The molecule has 0 atom stereocenters. The van der Waals surface area contributed by atoms with Gasteiger partial charge in [0.1, 0.15) is 11.0 Å². The van der Waals surface area contributed by atoms with Crippen molar-refractivity contribution in [3.63, 3.8) is 0 Å². The van der Waals surface area contributed by atoms with Gasteiger partial charge in [0.15, 0.2) is 0 Å². The van der Waals surface area contributed by atoms with Crippen LogP contribution >= 0.6 is 15.9 Å². The SMILES string of the molecule is CCC(C)(C)NC(=O)Cn1cnc(C)c(Br)c1=O. The molecule has 5 nitrogen and oxygen atoms in total. The summed E-state index contributed by atoms with van der Waals surface area (Å²) in [4.78, 5) is 27.7. The first-order valence-corrected chi connectivity index (χ1v) is 6.58. The summed E-state index contributed by atoms with van der Waals surface area (Å²) in [5, 5.41) is 2.87. The molecule has 100 valence electrons. The fourth-order valence-electron chi connectivity index (χ4n) is 1.32. The Morgan fingerprint density at radius 3 is 2.72 bits per heavy atom. The molecule has 0 bridgehead atoms. The lowest BCUT2D eigenvalue weighted by Gasteiger charge is -2.24. The minimum Gasteiger partial charge on any atom is -0.350 e. The van der Waals surface area contributed by atoms with Crippen LogP contribution in [0, 0.1) is 6.92 Å². The summed E-state index contributed by atoms with van der Waals surface area (Å²) < 4.78 is 1.69. The standard InChI is InChI=1S/C12H18BrN3O2/c1-5-12(3,4)15-9(17)6-16-7-14-8(2)10(13)11(16)18/h7H,5-6H2,1-4H3,(H,15,17). The topological polar surface area (TPSA) is 64.0 Å². The van der Waals surface area contributed by atoms with Crippen LogP contribution in [0.15, 0.2) is 15.6 Å². The second-order valence-electron chi connectivity index (χ2n) is 4.86. The highest BCUT2D eigenvalue weighted by atomic mass is 79.9. The van der Waals surface area contributed by atoms with E-state index in [-0.39, 0.29) is 23.6 Å². The van der Waals surface area contributed by atoms with Crippen LogP contribution in [-0.2, 0) is 11.3 Å². The maximum absolute atomic E-state index is 11.9. The van der Waals surface area contributed by atoms with Crippen molar-refractivity contribution in [1.29, 1.82) is 0 Å². The molecule has 1 rings (SSSR count). The summed E-state index contributed by atoms with van der Waals surface area (Å²) in [6.45, 7) is 7.59. The number of aryl methyl sites for hydroxylation is 1. The Morgan fingerprint density at radius 2 is 2.17 bits per heavy atom. The zero-order chi connectivity index (χ0) is 13.9. The third-order valence-corrected chi connectivity index (χ3v) is 3.75. The molecule has 0 aliphatic rings. The molecule has 0 fully saturated rings. The largest absolute Gasteiger partial charge is 0.350 e. The third kappa shape index (κ3) is 3.66. The van der Waals surface area contributed by atoms with Crippen molar-refractivity contribution in [3.05, 3.63) is 26.8 Å². The predicted octanol–water partition coefficient (Wildman–Crippen LogP) is 1.62. The average molecular weight is 316 g/mol. The summed E-state index contributed by atoms with van der Waals surface area (Å²) in [7, 11) is 0. The number of amides is 1. The van der Waals surface area contributed by atoms with Gasteiger partial charge in [-0.2, -0.15) is 0 Å². The molecule has 1 aromatic rings. The normalized spacial score (nSPS) is 11.4. The van der Waals surface area contributed by atoms with E-state index in [4.69, 9.17) is 0 Å². The molecular formula is C12H18BrN3O2. The smallest absolute Gasteiger partial charge is 0.268 e. The van der Waals surface area contributed by atoms with Gasteiger partial charge in [0.25, 0.3) is 5.56 Å². The minimum absolute atomic E-state index is 0.0197. The van der Waals surface area contributed by atoms with E-state index in [1.807, 2.05) is 20.8 Å². The molecule has 0 spiro atoms. The van der Waals surface area contributed by atoms with Crippen LogP contribution in [0.1, 0.15) is 32.9 Å². The number of nitrogens with zero attached hydrogens (tertiary/aromatic N) is 2. The molecule has 1 amide bonds. The second-order valence-corrected chi connectivity index (χ2v) is 5.66. The molecular weight excluding hydrogens is 298 g/mol. The Labute approximate surface area is 115 Å². The Kier molecular flexibility index (Phi) is 4.67. The lowest BCUT2D eigenvalue weighted by atomic mass is 10.0. The van der Waals surface area contributed by atoms with Crippen LogP contribution in [0.3, 0.4) is 0 Å². The van der Waals surface area contributed by atoms with E-state index >= 15 is 0 Å². The predicted molar refractivity (Wildman–Crippen MR) is 73.4 cm³/mol. The first-order valence-electron chi connectivity index (χ1n) is 5.79. The van der Waals surface area contributed by atoms with Gasteiger partial charge in [0.2, 0.25) is 5.91 Å². The van der Waals surface area contributed by atoms with Gasteiger partial charge in [-0.3, -0.25) is 14.2 Å². The van der Waals surface area contributed by atoms with E-state index in [2.05, 4.69) is 26.2 Å². The van der Waals surface area contributed by atoms with Gasteiger partial charge in [-0.05, 0) is 43.1 Å². The van der Waals surface area contributed by atoms with Gasteiger partial charge in [-0.15, -0.1) is 0 Å². The Bertz CT molecular complexity index is 509. The first-order chi connectivity index (χ1) is 8.26. The van der Waals surface area contributed by atoms with Crippen LogP contribution in [0.4, 0.5) is 0 Å². The van der Waals surface area contributed by atoms with Gasteiger partial charge in [-0.1, -0.05) is 6.92 Å². The monoisotopic (exact) mass is 315 g/mol. The Balaban J connectivity index is 2.84. The summed E-state index contributed by atoms with van der Waals surface area (Å²) >= 11 is 3.17. The fourth-order valence-corrected chi connectivity index (χ4v) is 1.65. The highest BCUT2D eigenvalue weighted by Crippen LogP contribution is 2.08. The summed E-state index contributed by atoms with van der Waals surface area (Å²) in [6.07, 6.45) is 2.21. The van der Waals surface area contributed by atoms with Gasteiger partial charge in [-0.25, -0.2) is 4.98 Å². The van der Waals surface area contributed by atoms with Crippen LogP contribution in [-0.4, -0.2) is 21.0 Å². The maximum Gasteiger partial charge on any atom is 0.268 e. The Hall–Kier alpha value is -1.17. The number of rotatable bonds is 4. The number of nitrogens with one attached hydrogen (secondary N) is 1. The molecule has 0 aromatic carbocycles. The van der Waals surface area contributed by atoms with E-state index in [1.165, 1.54) is 10.9 Å². The van der Waals surface area contributed by atoms with Crippen LogP contribution in [0.25, 0.3) is 0 Å². The van der Waals surface area contributed by atoms with Crippen molar-refractivity contribution < 1.29 is 4.79 Å². The molecule has 1 N–H and O–H groups in total. The van der Waals surface area contributed by atoms with E-state index in [9.17, 15) is 9.59 Å². The molecule has 0 aliphatic heterocycles. The molecule has 1 heterocycles. The van der Waals surface area contributed by atoms with E-state index in [1.54, 1.807) is 6.92 Å². The van der Waals surface area contributed by atoms with Gasteiger partial charge in [0, 0.05) is 5.54 Å². The fraction of sp³-hybridized carbons (Fsp3) is 0.583. The quantitative estimate of drug-likeness (QED) is 0.918. The second kappa shape index (κ2) is 5.65. The molecule has 0 radical (unpaired) electrons. The van der Waals surface area contributed by atoms with E-state index in [0.717, 1.165) is 6.42 Å². The summed E-state index contributed by atoms with van der Waals surface area (Å²) in [6, 6.07) is 0. The summed E-state index contributed by atoms with van der Waals surface area (Å²) in [5.74, 6) is -0.193. The first kappa shape index (κ1) is 14.9. The number of carbonyl (C=O) groups excluding carboxylic acids is 1. The summed E-state index contributed by atoms with van der Waals surface area (Å²) in [5.41, 5.74) is 0.105. The molecule has 0 aliphatic carbocycles. The van der Waals surface area contributed by atoms with Crippen LogP contribution in [0.2, 0.25) is 0 Å². The number of hydrogen-bond donors (Lipinski definition) is 1. The van der Waals surface area contributed by atoms with Crippen LogP contribution < -0.4 is 10.9 Å². The van der Waals surface area contributed by atoms with Crippen molar-refractivity contribution in [3.8, 4) is 0 Å². The third-order valence-electron chi connectivity index (χ3n) is 2.83. The minimum atomic E-state index is -0.268. The molecule has 18 heavy (non-hydrogen) atoms. The van der Waals surface area contributed by atoms with Crippen molar-refractivity contribution >= 4 is 21.8 Å². The number of aromatic nitrogens is 2. The molecule has 0 saturated heterocycles. The van der Waals surface area contributed by atoms with Gasteiger partial charge < -0.3 is 5.32 Å².